The zero-order valence-electron chi connectivity index (χ0n) is 9.97. The van der Waals surface area contributed by atoms with E-state index >= 15 is 0 Å². The topological polar surface area (TPSA) is 61.2 Å². The van der Waals surface area contributed by atoms with Gasteiger partial charge in [0.1, 0.15) is 11.3 Å². The summed E-state index contributed by atoms with van der Waals surface area (Å²) in [5.41, 5.74) is 7.96. The fourth-order valence-corrected chi connectivity index (χ4v) is 2.11. The lowest BCUT2D eigenvalue weighted by molar-refractivity contribution is 0.517. The van der Waals surface area contributed by atoms with Gasteiger partial charge in [-0.1, -0.05) is 18.2 Å². The van der Waals surface area contributed by atoms with Crippen LogP contribution in [0.15, 0.2) is 51.7 Å². The number of anilines is 1. The summed E-state index contributed by atoms with van der Waals surface area (Å²) in [5, 5.41) is 0. The van der Waals surface area contributed by atoms with Gasteiger partial charge in [0.25, 0.3) is 0 Å². The molecular formula is C14H11FN2O2. The Hall–Kier alpha value is -2.56. The predicted molar refractivity (Wildman–Crippen MR) is 70.4 cm³/mol. The van der Waals surface area contributed by atoms with Crippen LogP contribution in [-0.4, -0.2) is 4.57 Å². The van der Waals surface area contributed by atoms with E-state index in [0.717, 1.165) is 0 Å². The van der Waals surface area contributed by atoms with Crippen molar-refractivity contribution >= 4 is 16.8 Å². The number of aromatic nitrogens is 1. The second-order valence-corrected chi connectivity index (χ2v) is 4.28. The van der Waals surface area contributed by atoms with Crippen LogP contribution in [0.2, 0.25) is 0 Å². The van der Waals surface area contributed by atoms with Crippen LogP contribution < -0.4 is 11.5 Å². The smallest absolute Gasteiger partial charge is 0.408 e. The molecule has 0 bridgehead atoms. The molecule has 1 aromatic heterocycles. The summed E-state index contributed by atoms with van der Waals surface area (Å²) in [5.74, 6) is -0.844. The Bertz CT molecular complexity index is 805. The van der Waals surface area contributed by atoms with Crippen LogP contribution in [0.4, 0.5) is 10.1 Å². The molecule has 2 aromatic carbocycles. The Morgan fingerprint density at radius 2 is 2.00 bits per heavy atom. The molecule has 0 amide bonds. The number of benzene rings is 2. The number of oxazole rings is 1. The molecule has 0 aliphatic rings. The number of nitrogens with zero attached hydrogens (tertiary/aromatic N) is 1. The van der Waals surface area contributed by atoms with Gasteiger partial charge < -0.3 is 10.2 Å². The highest BCUT2D eigenvalue weighted by atomic mass is 19.1. The van der Waals surface area contributed by atoms with Crippen molar-refractivity contribution in [3.05, 3.63) is 64.4 Å². The van der Waals surface area contributed by atoms with E-state index < -0.39 is 5.76 Å². The molecule has 5 heteroatoms. The molecular weight excluding hydrogens is 247 g/mol. The molecule has 0 aliphatic heterocycles. The highest BCUT2D eigenvalue weighted by Crippen LogP contribution is 2.20. The fraction of sp³-hybridized carbons (Fsp3) is 0.0714. The molecule has 0 unspecified atom stereocenters. The van der Waals surface area contributed by atoms with Crippen molar-refractivity contribution in [2.75, 3.05) is 5.73 Å². The Morgan fingerprint density at radius 3 is 2.79 bits per heavy atom. The summed E-state index contributed by atoms with van der Waals surface area (Å²) in [4.78, 5) is 11.8. The maximum atomic E-state index is 13.2. The number of rotatable bonds is 2. The normalized spacial score (nSPS) is 11.0. The molecule has 3 aromatic rings. The molecule has 0 saturated heterocycles. The van der Waals surface area contributed by atoms with Gasteiger partial charge in [-0.2, -0.15) is 0 Å². The minimum Gasteiger partial charge on any atom is -0.408 e. The SMILES string of the molecule is Nc1cccc2oc(=O)n(Cc3cccc(F)c3)c12. The lowest BCUT2D eigenvalue weighted by atomic mass is 10.2. The Morgan fingerprint density at radius 1 is 1.21 bits per heavy atom. The average molecular weight is 258 g/mol. The van der Waals surface area contributed by atoms with Gasteiger partial charge in [0.05, 0.1) is 12.2 Å². The number of nitrogens with two attached hydrogens (primary N) is 1. The maximum absolute atomic E-state index is 13.2. The zero-order valence-corrected chi connectivity index (χ0v) is 9.97. The van der Waals surface area contributed by atoms with Crippen molar-refractivity contribution in [1.82, 2.24) is 4.57 Å². The number of hydrogen-bond donors (Lipinski definition) is 1. The van der Waals surface area contributed by atoms with E-state index in [1.54, 1.807) is 30.3 Å². The van der Waals surface area contributed by atoms with Crippen LogP contribution in [0.5, 0.6) is 0 Å². The molecule has 0 saturated carbocycles. The van der Waals surface area contributed by atoms with Crippen molar-refractivity contribution in [3.63, 3.8) is 0 Å². The summed E-state index contributed by atoms with van der Waals surface area (Å²) in [6.45, 7) is 0.220. The third-order valence-electron chi connectivity index (χ3n) is 2.95. The van der Waals surface area contributed by atoms with Crippen molar-refractivity contribution in [3.8, 4) is 0 Å². The molecule has 96 valence electrons. The van der Waals surface area contributed by atoms with Crippen molar-refractivity contribution < 1.29 is 8.81 Å². The van der Waals surface area contributed by atoms with Crippen molar-refractivity contribution in [2.45, 2.75) is 6.54 Å². The van der Waals surface area contributed by atoms with Crippen LogP contribution in [0.3, 0.4) is 0 Å². The Labute approximate surface area is 107 Å². The molecule has 0 radical (unpaired) electrons. The second kappa shape index (κ2) is 4.28. The quantitative estimate of drug-likeness (QED) is 0.718. The minimum atomic E-state index is -0.503. The van der Waals surface area contributed by atoms with Gasteiger partial charge in [0.2, 0.25) is 0 Å². The average Bonchev–Trinajstić information content (AvgIpc) is 2.67. The first-order valence-corrected chi connectivity index (χ1v) is 5.77. The van der Waals surface area contributed by atoms with Gasteiger partial charge in [-0.15, -0.1) is 0 Å². The maximum Gasteiger partial charge on any atom is 0.420 e. The Kier molecular flexibility index (Phi) is 2.59. The van der Waals surface area contributed by atoms with Crippen molar-refractivity contribution in [2.24, 2.45) is 0 Å². The van der Waals surface area contributed by atoms with E-state index in [1.165, 1.54) is 16.7 Å². The van der Waals surface area contributed by atoms with E-state index in [4.69, 9.17) is 10.2 Å². The van der Waals surface area contributed by atoms with Crippen LogP contribution in [0.1, 0.15) is 5.56 Å². The number of nitrogen functional groups attached to an aromatic ring is 1. The summed E-state index contributed by atoms with van der Waals surface area (Å²) in [6, 6.07) is 11.2. The highest BCUT2D eigenvalue weighted by molar-refractivity contribution is 5.85. The molecule has 0 fully saturated rings. The summed E-state index contributed by atoms with van der Waals surface area (Å²) in [6.07, 6.45) is 0. The predicted octanol–water partition coefficient (Wildman–Crippen LogP) is 2.36. The van der Waals surface area contributed by atoms with E-state index in [1.807, 2.05) is 0 Å². The number of halogens is 1. The van der Waals surface area contributed by atoms with Gasteiger partial charge in [0, 0.05) is 0 Å². The number of para-hydroxylation sites is 1. The van der Waals surface area contributed by atoms with Crippen LogP contribution in [0.25, 0.3) is 11.1 Å². The summed E-state index contributed by atoms with van der Waals surface area (Å²) >= 11 is 0. The van der Waals surface area contributed by atoms with Crippen LogP contribution in [-0.2, 0) is 6.54 Å². The lowest BCUT2D eigenvalue weighted by Crippen LogP contribution is -2.15. The molecule has 0 spiro atoms. The largest absolute Gasteiger partial charge is 0.420 e. The van der Waals surface area contributed by atoms with E-state index in [-0.39, 0.29) is 12.4 Å². The summed E-state index contributed by atoms with van der Waals surface area (Å²) in [7, 11) is 0. The molecule has 3 rings (SSSR count). The van der Waals surface area contributed by atoms with Crippen molar-refractivity contribution in [1.29, 1.82) is 0 Å². The first-order chi connectivity index (χ1) is 9.15. The third-order valence-corrected chi connectivity index (χ3v) is 2.95. The van der Waals surface area contributed by atoms with Crippen LogP contribution in [0, 0.1) is 5.82 Å². The van der Waals surface area contributed by atoms with E-state index in [0.29, 0.717) is 22.4 Å². The number of fused-ring (bicyclic) bond motifs is 1. The third kappa shape index (κ3) is 1.99. The minimum absolute atomic E-state index is 0.220. The first kappa shape index (κ1) is 11.5. The lowest BCUT2D eigenvalue weighted by Gasteiger charge is -2.04. The molecule has 0 atom stereocenters. The van der Waals surface area contributed by atoms with Gasteiger partial charge in [-0.05, 0) is 29.8 Å². The van der Waals surface area contributed by atoms with Gasteiger partial charge in [0.15, 0.2) is 5.58 Å². The highest BCUT2D eigenvalue weighted by Gasteiger charge is 2.12. The molecule has 0 aliphatic carbocycles. The zero-order chi connectivity index (χ0) is 13.4. The fourth-order valence-electron chi connectivity index (χ4n) is 2.11. The van der Waals surface area contributed by atoms with E-state index in [2.05, 4.69) is 0 Å². The molecule has 1 heterocycles. The monoisotopic (exact) mass is 258 g/mol. The van der Waals surface area contributed by atoms with Gasteiger partial charge in [-0.25, -0.2) is 9.18 Å². The van der Waals surface area contributed by atoms with Crippen LogP contribution >= 0.6 is 0 Å². The molecule has 4 nitrogen and oxygen atoms in total. The van der Waals surface area contributed by atoms with Gasteiger partial charge in [-0.3, -0.25) is 4.57 Å². The van der Waals surface area contributed by atoms with E-state index in [9.17, 15) is 9.18 Å². The standard InChI is InChI=1S/C14H11FN2O2/c15-10-4-1-3-9(7-10)8-17-13-11(16)5-2-6-12(13)19-14(17)18/h1-7H,8,16H2. The summed E-state index contributed by atoms with van der Waals surface area (Å²) < 4.78 is 19.7. The Balaban J connectivity index is 2.15. The molecule has 19 heavy (non-hydrogen) atoms. The second-order valence-electron chi connectivity index (χ2n) is 4.28. The first-order valence-electron chi connectivity index (χ1n) is 5.77. The van der Waals surface area contributed by atoms with Gasteiger partial charge >= 0.3 is 5.76 Å². The number of hydrogen-bond acceptors (Lipinski definition) is 3. The molecule has 2 N–H and O–H groups in total.